The van der Waals surface area contributed by atoms with E-state index in [4.69, 9.17) is 11.6 Å². The zero-order valence-electron chi connectivity index (χ0n) is 9.76. The molecule has 2 aromatic rings. The lowest BCUT2D eigenvalue weighted by Crippen LogP contribution is -2.16. The van der Waals surface area contributed by atoms with Gasteiger partial charge in [-0.2, -0.15) is 0 Å². The van der Waals surface area contributed by atoms with Crippen molar-refractivity contribution in [3.8, 4) is 0 Å². The SMILES string of the molecule is Cc1ccc(F)c(S(=O)(=O)Nc2nccc(Cl)n2)c1. The van der Waals surface area contributed by atoms with Crippen LogP contribution in [0.3, 0.4) is 0 Å². The summed E-state index contributed by atoms with van der Waals surface area (Å²) in [4.78, 5) is 6.91. The summed E-state index contributed by atoms with van der Waals surface area (Å²) >= 11 is 5.62. The van der Waals surface area contributed by atoms with E-state index in [1.165, 1.54) is 24.4 Å². The summed E-state index contributed by atoms with van der Waals surface area (Å²) in [7, 11) is -4.09. The maximum absolute atomic E-state index is 13.6. The monoisotopic (exact) mass is 301 g/mol. The Morgan fingerprint density at radius 2 is 2.05 bits per heavy atom. The van der Waals surface area contributed by atoms with Gasteiger partial charge in [-0.3, -0.25) is 0 Å². The van der Waals surface area contributed by atoms with Crippen LogP contribution in [0.1, 0.15) is 5.56 Å². The topological polar surface area (TPSA) is 72.0 Å². The Hall–Kier alpha value is -1.73. The molecule has 0 aliphatic rings. The van der Waals surface area contributed by atoms with Gasteiger partial charge in [0.2, 0.25) is 5.95 Å². The molecule has 0 spiro atoms. The van der Waals surface area contributed by atoms with E-state index in [0.717, 1.165) is 6.07 Å². The first-order chi connectivity index (χ1) is 8.88. The van der Waals surface area contributed by atoms with Crippen LogP contribution in [0.25, 0.3) is 0 Å². The lowest BCUT2D eigenvalue weighted by atomic mass is 10.2. The maximum atomic E-state index is 13.6. The standard InChI is InChI=1S/C11H9ClFN3O2S/c1-7-2-3-8(13)9(6-7)19(17,18)16-11-14-5-4-10(12)15-11/h2-6H,1H3,(H,14,15,16). The van der Waals surface area contributed by atoms with Gasteiger partial charge in [0.15, 0.2) is 0 Å². The van der Waals surface area contributed by atoms with E-state index in [9.17, 15) is 12.8 Å². The largest absolute Gasteiger partial charge is 0.267 e. The van der Waals surface area contributed by atoms with E-state index in [0.29, 0.717) is 5.56 Å². The van der Waals surface area contributed by atoms with E-state index in [2.05, 4.69) is 14.7 Å². The molecule has 1 aromatic heterocycles. The van der Waals surface area contributed by atoms with Gasteiger partial charge < -0.3 is 0 Å². The molecule has 1 heterocycles. The van der Waals surface area contributed by atoms with E-state index in [1.54, 1.807) is 6.92 Å². The number of hydrogen-bond acceptors (Lipinski definition) is 4. The first-order valence-corrected chi connectivity index (χ1v) is 7.02. The third kappa shape index (κ3) is 3.18. The molecule has 0 bridgehead atoms. The molecule has 0 fully saturated rings. The highest BCUT2D eigenvalue weighted by atomic mass is 35.5. The first kappa shape index (κ1) is 13.7. The molecular formula is C11H9ClFN3O2S. The third-order valence-electron chi connectivity index (χ3n) is 2.22. The fourth-order valence-electron chi connectivity index (χ4n) is 1.38. The number of hydrogen-bond donors (Lipinski definition) is 1. The summed E-state index contributed by atoms with van der Waals surface area (Å²) in [5, 5.41) is 0.0809. The minimum atomic E-state index is -4.09. The molecule has 0 unspecified atom stereocenters. The molecule has 0 saturated heterocycles. The van der Waals surface area contributed by atoms with Crippen LogP contribution in [0.2, 0.25) is 5.15 Å². The van der Waals surface area contributed by atoms with Crippen molar-refractivity contribution in [3.05, 3.63) is 47.0 Å². The van der Waals surface area contributed by atoms with Crippen molar-refractivity contribution < 1.29 is 12.8 Å². The second kappa shape index (κ2) is 5.10. The van der Waals surface area contributed by atoms with Gasteiger partial charge in [-0.1, -0.05) is 17.7 Å². The van der Waals surface area contributed by atoms with E-state index in [-0.39, 0.29) is 11.1 Å². The molecule has 0 aliphatic carbocycles. The first-order valence-electron chi connectivity index (χ1n) is 5.16. The molecule has 0 saturated carbocycles. The molecule has 0 atom stereocenters. The van der Waals surface area contributed by atoms with E-state index >= 15 is 0 Å². The van der Waals surface area contributed by atoms with Crippen molar-refractivity contribution in [2.45, 2.75) is 11.8 Å². The number of rotatable bonds is 3. The van der Waals surface area contributed by atoms with Crippen LogP contribution in [-0.2, 0) is 10.0 Å². The van der Waals surface area contributed by atoms with Gasteiger partial charge in [-0.05, 0) is 30.7 Å². The zero-order chi connectivity index (χ0) is 14.0. The number of aromatic nitrogens is 2. The fraction of sp³-hybridized carbons (Fsp3) is 0.0909. The molecule has 1 aromatic carbocycles. The Morgan fingerprint density at radius 3 is 2.74 bits per heavy atom. The molecule has 100 valence electrons. The number of sulfonamides is 1. The van der Waals surface area contributed by atoms with E-state index < -0.39 is 20.7 Å². The van der Waals surface area contributed by atoms with Crippen LogP contribution in [0, 0.1) is 12.7 Å². The summed E-state index contributed by atoms with van der Waals surface area (Å²) < 4.78 is 39.7. The smallest absolute Gasteiger partial charge is 0.247 e. The molecule has 2 rings (SSSR count). The van der Waals surface area contributed by atoms with Crippen molar-refractivity contribution in [2.75, 3.05) is 4.72 Å². The van der Waals surface area contributed by atoms with Crippen molar-refractivity contribution >= 4 is 27.6 Å². The van der Waals surface area contributed by atoms with Crippen molar-refractivity contribution in [1.29, 1.82) is 0 Å². The second-order valence-corrected chi connectivity index (χ2v) is 5.78. The highest BCUT2D eigenvalue weighted by molar-refractivity contribution is 7.92. The van der Waals surface area contributed by atoms with Crippen LogP contribution >= 0.6 is 11.6 Å². The van der Waals surface area contributed by atoms with Gasteiger partial charge in [0, 0.05) is 6.20 Å². The highest BCUT2D eigenvalue weighted by Gasteiger charge is 2.20. The minimum absolute atomic E-state index is 0.0809. The summed E-state index contributed by atoms with van der Waals surface area (Å²) in [6.07, 6.45) is 1.29. The Bertz CT molecular complexity index is 722. The summed E-state index contributed by atoms with van der Waals surface area (Å²) in [6, 6.07) is 5.18. The zero-order valence-corrected chi connectivity index (χ0v) is 11.3. The molecule has 8 heteroatoms. The Kier molecular flexibility index (Phi) is 3.68. The van der Waals surface area contributed by atoms with E-state index in [1.807, 2.05) is 0 Å². The molecular weight excluding hydrogens is 293 g/mol. The third-order valence-corrected chi connectivity index (χ3v) is 3.78. The normalized spacial score (nSPS) is 11.3. The molecule has 19 heavy (non-hydrogen) atoms. The van der Waals surface area contributed by atoms with Crippen LogP contribution < -0.4 is 4.72 Å². The predicted molar refractivity (Wildman–Crippen MR) is 69.0 cm³/mol. The minimum Gasteiger partial charge on any atom is -0.247 e. The quantitative estimate of drug-likeness (QED) is 0.884. The Labute approximate surface area is 114 Å². The Morgan fingerprint density at radius 1 is 1.32 bits per heavy atom. The van der Waals surface area contributed by atoms with Gasteiger partial charge in [0.1, 0.15) is 15.9 Å². The number of nitrogens with one attached hydrogen (secondary N) is 1. The highest BCUT2D eigenvalue weighted by Crippen LogP contribution is 2.18. The number of halogens is 2. The predicted octanol–water partition coefficient (Wildman–Crippen LogP) is 2.38. The van der Waals surface area contributed by atoms with Crippen molar-refractivity contribution in [3.63, 3.8) is 0 Å². The van der Waals surface area contributed by atoms with Crippen LogP contribution in [0.4, 0.5) is 10.3 Å². The molecule has 0 amide bonds. The van der Waals surface area contributed by atoms with Gasteiger partial charge in [0.05, 0.1) is 0 Å². The summed E-state index contributed by atoms with van der Waals surface area (Å²) in [6.45, 7) is 1.66. The fourth-order valence-corrected chi connectivity index (χ4v) is 2.63. The molecule has 0 aliphatic heterocycles. The molecule has 5 nitrogen and oxygen atoms in total. The molecule has 1 N–H and O–H groups in total. The summed E-state index contributed by atoms with van der Waals surface area (Å²) in [5.74, 6) is -1.06. The average molecular weight is 302 g/mol. The van der Waals surface area contributed by atoms with Crippen molar-refractivity contribution in [1.82, 2.24) is 9.97 Å². The van der Waals surface area contributed by atoms with Crippen LogP contribution in [-0.4, -0.2) is 18.4 Å². The second-order valence-electron chi connectivity index (χ2n) is 3.74. The van der Waals surface area contributed by atoms with Crippen LogP contribution in [0.5, 0.6) is 0 Å². The number of nitrogens with zero attached hydrogens (tertiary/aromatic N) is 2. The van der Waals surface area contributed by atoms with Crippen LogP contribution in [0.15, 0.2) is 35.4 Å². The lowest BCUT2D eigenvalue weighted by Gasteiger charge is -2.08. The van der Waals surface area contributed by atoms with Crippen molar-refractivity contribution in [2.24, 2.45) is 0 Å². The van der Waals surface area contributed by atoms with Gasteiger partial charge in [-0.25, -0.2) is 27.5 Å². The van der Waals surface area contributed by atoms with Gasteiger partial charge >= 0.3 is 0 Å². The number of anilines is 1. The average Bonchev–Trinajstić information content (AvgIpc) is 2.31. The Balaban J connectivity index is 2.40. The molecule has 0 radical (unpaired) electrons. The lowest BCUT2D eigenvalue weighted by molar-refractivity contribution is 0.569. The van der Waals surface area contributed by atoms with Gasteiger partial charge in [-0.15, -0.1) is 0 Å². The maximum Gasteiger partial charge on any atom is 0.267 e. The summed E-state index contributed by atoms with van der Waals surface area (Å²) in [5.41, 5.74) is 0.619. The number of benzene rings is 1. The van der Waals surface area contributed by atoms with Gasteiger partial charge in [0.25, 0.3) is 10.0 Å². The number of aryl methyl sites for hydroxylation is 1.